The van der Waals surface area contributed by atoms with Crippen molar-refractivity contribution in [1.29, 1.82) is 0 Å². The Morgan fingerprint density at radius 1 is 1.00 bits per heavy atom. The second-order valence-electron chi connectivity index (χ2n) is 10.7. The summed E-state index contributed by atoms with van der Waals surface area (Å²) in [5.74, 6) is 0.390. The van der Waals surface area contributed by atoms with Gasteiger partial charge in [0.2, 0.25) is 0 Å². The number of esters is 1. The fourth-order valence-electron chi connectivity index (χ4n) is 8.08. The van der Waals surface area contributed by atoms with Crippen molar-refractivity contribution in [2.75, 3.05) is 0 Å². The minimum atomic E-state index is -0.907. The number of carboxylic acid groups (broad SMARTS) is 1. The number of carbonyl (C=O) groups excluding carboxylic acids is 1. The molecule has 4 fully saturated rings. The van der Waals surface area contributed by atoms with Crippen molar-refractivity contribution >= 4 is 11.9 Å². The fraction of sp³-hybridized carbons (Fsp3) is 0.833. The van der Waals surface area contributed by atoms with Gasteiger partial charge in [-0.1, -0.05) is 19.9 Å². The normalized spacial score (nSPS) is 49.2. The summed E-state index contributed by atoms with van der Waals surface area (Å²) in [5.41, 5.74) is -0.742. The molecule has 4 rings (SSSR count). The molecule has 0 heterocycles. The Morgan fingerprint density at radius 2 is 1.76 bits per heavy atom. The third-order valence-corrected chi connectivity index (χ3v) is 9.68. The molecule has 0 aromatic heterocycles. The van der Waals surface area contributed by atoms with Crippen LogP contribution >= 0.6 is 0 Å². The number of allylic oxidation sites excluding steroid dienone is 1. The number of aliphatic carboxylic acids is 1. The van der Waals surface area contributed by atoms with Gasteiger partial charge in [-0.05, 0) is 86.9 Å². The number of aliphatic hydroxyl groups is 1. The van der Waals surface area contributed by atoms with E-state index in [9.17, 15) is 14.7 Å². The van der Waals surface area contributed by atoms with Crippen LogP contribution in [0.3, 0.4) is 0 Å². The van der Waals surface area contributed by atoms with Crippen molar-refractivity contribution in [1.82, 2.24) is 0 Å². The van der Waals surface area contributed by atoms with Crippen molar-refractivity contribution in [2.24, 2.45) is 34.5 Å². The largest absolute Gasteiger partial charge is 0.478 e. The fourth-order valence-corrected chi connectivity index (χ4v) is 8.08. The molecular weight excluding hydrogens is 368 g/mol. The summed E-state index contributed by atoms with van der Waals surface area (Å²) in [6.07, 6.45) is 11.9. The molecule has 162 valence electrons. The van der Waals surface area contributed by atoms with E-state index in [1.165, 1.54) is 13.0 Å². The quantitative estimate of drug-likeness (QED) is 0.540. The van der Waals surface area contributed by atoms with Gasteiger partial charge in [-0.3, -0.25) is 4.79 Å². The standard InChI is InChI=1S/C24H36O5/c1-15(25)29-18-9-11-22(2)17(14-18)4-6-20-19(22)10-12-23(3)16(5-7-21(26)27)8-13-24(20,23)28/h5,7,16-20,28H,4,6,8-14H2,1-3H3,(H,26,27)/b7-5+/t16-,17?,18?,19-,20+,22-,23+,24+/m0/s1. The summed E-state index contributed by atoms with van der Waals surface area (Å²) in [5, 5.41) is 21.1. The van der Waals surface area contributed by atoms with Crippen LogP contribution in [0.1, 0.15) is 78.6 Å². The number of fused-ring (bicyclic) bond motifs is 5. The summed E-state index contributed by atoms with van der Waals surface area (Å²) in [4.78, 5) is 22.5. The number of carboxylic acids is 1. The first-order chi connectivity index (χ1) is 13.6. The number of rotatable bonds is 3. The first-order valence-electron chi connectivity index (χ1n) is 11.4. The van der Waals surface area contributed by atoms with Gasteiger partial charge in [0.25, 0.3) is 0 Å². The molecule has 0 amide bonds. The molecule has 4 aliphatic carbocycles. The molecule has 0 saturated heterocycles. The topological polar surface area (TPSA) is 83.8 Å². The zero-order chi connectivity index (χ0) is 21.0. The van der Waals surface area contributed by atoms with E-state index >= 15 is 0 Å². The number of hydrogen-bond donors (Lipinski definition) is 2. The van der Waals surface area contributed by atoms with Gasteiger partial charge < -0.3 is 14.9 Å². The number of carbonyl (C=O) groups is 2. The maximum atomic E-state index is 12.0. The van der Waals surface area contributed by atoms with E-state index in [0.717, 1.165) is 57.8 Å². The predicted octanol–water partition coefficient (Wildman–Crippen LogP) is 4.33. The van der Waals surface area contributed by atoms with Crippen LogP contribution in [0.15, 0.2) is 12.2 Å². The van der Waals surface area contributed by atoms with E-state index in [1.54, 1.807) is 0 Å². The molecule has 0 aromatic rings. The maximum absolute atomic E-state index is 12.0. The van der Waals surface area contributed by atoms with Crippen molar-refractivity contribution in [2.45, 2.75) is 90.3 Å². The molecule has 0 aromatic carbocycles. The Labute approximate surface area is 173 Å². The van der Waals surface area contributed by atoms with Gasteiger partial charge in [-0.25, -0.2) is 4.79 Å². The van der Waals surface area contributed by atoms with Crippen LogP contribution in [-0.4, -0.2) is 33.9 Å². The number of hydrogen-bond acceptors (Lipinski definition) is 4. The molecule has 2 N–H and O–H groups in total. The van der Waals surface area contributed by atoms with E-state index in [4.69, 9.17) is 9.84 Å². The zero-order valence-electron chi connectivity index (χ0n) is 18.0. The third kappa shape index (κ3) is 3.15. The second-order valence-corrected chi connectivity index (χ2v) is 10.7. The molecule has 4 aliphatic rings. The van der Waals surface area contributed by atoms with E-state index in [0.29, 0.717) is 11.8 Å². The molecule has 0 spiro atoms. The highest BCUT2D eigenvalue weighted by atomic mass is 16.5. The molecule has 0 aliphatic heterocycles. The lowest BCUT2D eigenvalue weighted by Gasteiger charge is -2.63. The lowest BCUT2D eigenvalue weighted by molar-refractivity contribution is -0.209. The van der Waals surface area contributed by atoms with Crippen LogP contribution in [0.25, 0.3) is 0 Å². The summed E-state index contributed by atoms with van der Waals surface area (Å²) >= 11 is 0. The minimum Gasteiger partial charge on any atom is -0.478 e. The molecule has 8 atom stereocenters. The monoisotopic (exact) mass is 404 g/mol. The lowest BCUT2D eigenvalue weighted by Crippen LogP contribution is -2.62. The first kappa shape index (κ1) is 20.9. The Morgan fingerprint density at radius 3 is 2.45 bits per heavy atom. The van der Waals surface area contributed by atoms with Crippen LogP contribution in [-0.2, 0) is 14.3 Å². The zero-order valence-corrected chi connectivity index (χ0v) is 18.0. The number of ether oxygens (including phenoxy) is 1. The van der Waals surface area contributed by atoms with E-state index in [2.05, 4.69) is 13.8 Å². The van der Waals surface area contributed by atoms with Gasteiger partial charge in [0, 0.05) is 18.4 Å². The highest BCUT2D eigenvalue weighted by Gasteiger charge is 2.66. The van der Waals surface area contributed by atoms with Crippen molar-refractivity contribution in [3.8, 4) is 0 Å². The Balaban J connectivity index is 1.56. The van der Waals surface area contributed by atoms with Gasteiger partial charge in [-0.2, -0.15) is 0 Å². The van der Waals surface area contributed by atoms with Gasteiger partial charge in [0.05, 0.1) is 5.60 Å². The predicted molar refractivity (Wildman–Crippen MR) is 109 cm³/mol. The molecule has 5 nitrogen and oxygen atoms in total. The average molecular weight is 405 g/mol. The lowest BCUT2D eigenvalue weighted by atomic mass is 9.43. The van der Waals surface area contributed by atoms with E-state index in [-0.39, 0.29) is 34.7 Å². The van der Waals surface area contributed by atoms with Crippen molar-refractivity contribution < 1.29 is 24.5 Å². The SMILES string of the molecule is CC(=O)OC1CC[C@@]2(C)C(CC[C@@H]3[C@@H]2CC[C@]2(C)[C@@H](/C=C/C(=O)O)CC[C@@]32O)C1. The summed E-state index contributed by atoms with van der Waals surface area (Å²) < 4.78 is 5.54. The molecular formula is C24H36O5. The van der Waals surface area contributed by atoms with Crippen LogP contribution in [0.4, 0.5) is 0 Å². The molecule has 0 radical (unpaired) electrons. The molecule has 4 saturated carbocycles. The van der Waals surface area contributed by atoms with Crippen LogP contribution in [0.2, 0.25) is 0 Å². The van der Waals surface area contributed by atoms with Crippen LogP contribution in [0.5, 0.6) is 0 Å². The molecule has 2 unspecified atom stereocenters. The van der Waals surface area contributed by atoms with E-state index < -0.39 is 11.6 Å². The molecule has 0 bridgehead atoms. The minimum absolute atomic E-state index is 0.0519. The molecule has 29 heavy (non-hydrogen) atoms. The smallest absolute Gasteiger partial charge is 0.327 e. The molecule has 5 heteroatoms. The highest BCUT2D eigenvalue weighted by molar-refractivity contribution is 5.79. The van der Waals surface area contributed by atoms with Gasteiger partial charge in [-0.15, -0.1) is 0 Å². The summed E-state index contributed by atoms with van der Waals surface area (Å²) in [6, 6.07) is 0. The van der Waals surface area contributed by atoms with Crippen LogP contribution in [0, 0.1) is 34.5 Å². The second kappa shape index (κ2) is 7.11. The van der Waals surface area contributed by atoms with Crippen LogP contribution < -0.4 is 0 Å². The first-order valence-corrected chi connectivity index (χ1v) is 11.4. The maximum Gasteiger partial charge on any atom is 0.327 e. The van der Waals surface area contributed by atoms with Gasteiger partial charge >= 0.3 is 11.9 Å². The van der Waals surface area contributed by atoms with Gasteiger partial charge in [0.15, 0.2) is 0 Å². The Bertz CT molecular complexity index is 716. The average Bonchev–Trinajstić information content (AvgIpc) is 2.91. The Kier molecular flexibility index (Phi) is 5.12. The van der Waals surface area contributed by atoms with Crippen molar-refractivity contribution in [3.63, 3.8) is 0 Å². The summed E-state index contributed by atoms with van der Waals surface area (Å²) in [7, 11) is 0. The Hall–Kier alpha value is -1.36. The highest BCUT2D eigenvalue weighted by Crippen LogP contribution is 2.69. The van der Waals surface area contributed by atoms with Gasteiger partial charge in [0.1, 0.15) is 6.10 Å². The van der Waals surface area contributed by atoms with E-state index in [1.807, 2.05) is 6.08 Å². The summed E-state index contributed by atoms with van der Waals surface area (Å²) in [6.45, 7) is 6.11. The van der Waals surface area contributed by atoms with Crippen molar-refractivity contribution in [3.05, 3.63) is 12.2 Å². The third-order valence-electron chi connectivity index (χ3n) is 9.68.